The van der Waals surface area contributed by atoms with Crippen molar-refractivity contribution < 1.29 is 19.4 Å². The topological polar surface area (TPSA) is 55.8 Å². The minimum atomic E-state index is -0.333. The average Bonchev–Trinajstić information content (AvgIpc) is 2.52. The number of carbonyl (C=O) groups is 1. The molecule has 0 aliphatic heterocycles. The normalized spacial score (nSPS) is 10.7. The molecule has 0 aromatic heterocycles. The summed E-state index contributed by atoms with van der Waals surface area (Å²) >= 11 is 0. The zero-order chi connectivity index (χ0) is 16.1. The van der Waals surface area contributed by atoms with Crippen molar-refractivity contribution in [3.63, 3.8) is 0 Å². The second-order valence-corrected chi connectivity index (χ2v) is 4.74. The van der Waals surface area contributed by atoms with Crippen molar-refractivity contribution in [2.45, 2.75) is 6.92 Å². The first-order valence-corrected chi connectivity index (χ1v) is 6.80. The molecule has 0 amide bonds. The number of allylic oxidation sites excluding steroid dienone is 1. The van der Waals surface area contributed by atoms with Crippen LogP contribution >= 0.6 is 0 Å². The summed E-state index contributed by atoms with van der Waals surface area (Å²) in [7, 11) is 3.04. The minimum Gasteiger partial charge on any atom is -0.507 e. The molecule has 2 aromatic rings. The lowest BCUT2D eigenvalue weighted by atomic mass is 10.0. The summed E-state index contributed by atoms with van der Waals surface area (Å²) in [5.74, 6) is 0.589. The van der Waals surface area contributed by atoms with Crippen LogP contribution in [-0.4, -0.2) is 25.1 Å². The van der Waals surface area contributed by atoms with Crippen LogP contribution in [0.25, 0.3) is 6.08 Å². The molecule has 1 N–H and O–H groups in total. The second kappa shape index (κ2) is 6.80. The fourth-order valence-electron chi connectivity index (χ4n) is 2.22. The third kappa shape index (κ3) is 3.11. The van der Waals surface area contributed by atoms with Gasteiger partial charge in [0.05, 0.1) is 14.2 Å². The van der Waals surface area contributed by atoms with E-state index in [1.165, 1.54) is 19.3 Å². The van der Waals surface area contributed by atoms with Crippen LogP contribution in [0.1, 0.15) is 21.5 Å². The smallest absolute Gasteiger partial charge is 0.193 e. The highest BCUT2D eigenvalue weighted by molar-refractivity contribution is 6.10. The molecule has 0 saturated carbocycles. The summed E-state index contributed by atoms with van der Waals surface area (Å²) in [6.07, 6.45) is 3.09. The fraction of sp³-hybridized carbons (Fsp3) is 0.167. The Bertz CT molecular complexity index is 717. The molecule has 0 saturated heterocycles. The number of carbonyl (C=O) groups excluding carboxylic acids is 1. The molecule has 2 rings (SSSR count). The monoisotopic (exact) mass is 298 g/mol. The Kier molecular flexibility index (Phi) is 4.84. The maximum atomic E-state index is 12.4. The van der Waals surface area contributed by atoms with Crippen molar-refractivity contribution >= 4 is 11.9 Å². The molecule has 0 aliphatic rings. The Balaban J connectivity index is 2.38. The Morgan fingerprint density at radius 1 is 1.05 bits per heavy atom. The maximum absolute atomic E-state index is 12.4. The second-order valence-electron chi connectivity index (χ2n) is 4.74. The largest absolute Gasteiger partial charge is 0.507 e. The number of ketones is 1. The van der Waals surface area contributed by atoms with Crippen LogP contribution < -0.4 is 9.47 Å². The van der Waals surface area contributed by atoms with Crippen LogP contribution in [0.3, 0.4) is 0 Å². The van der Waals surface area contributed by atoms with Crippen molar-refractivity contribution in [1.29, 1.82) is 0 Å². The molecule has 0 heterocycles. The highest BCUT2D eigenvalue weighted by Crippen LogP contribution is 2.29. The zero-order valence-corrected chi connectivity index (χ0v) is 12.8. The highest BCUT2D eigenvalue weighted by Gasteiger charge is 2.15. The van der Waals surface area contributed by atoms with E-state index in [1.807, 2.05) is 25.1 Å². The van der Waals surface area contributed by atoms with Crippen LogP contribution in [0.2, 0.25) is 0 Å². The van der Waals surface area contributed by atoms with Gasteiger partial charge in [-0.1, -0.05) is 18.2 Å². The van der Waals surface area contributed by atoms with E-state index >= 15 is 0 Å². The molecule has 22 heavy (non-hydrogen) atoms. The van der Waals surface area contributed by atoms with Crippen LogP contribution in [0.5, 0.6) is 17.2 Å². The van der Waals surface area contributed by atoms with E-state index in [2.05, 4.69) is 0 Å². The first-order chi connectivity index (χ1) is 10.6. The Labute approximate surface area is 129 Å². The number of phenols is 1. The summed E-state index contributed by atoms with van der Waals surface area (Å²) in [4.78, 5) is 12.4. The summed E-state index contributed by atoms with van der Waals surface area (Å²) in [6, 6.07) is 10.4. The van der Waals surface area contributed by atoms with Gasteiger partial charge in [0.1, 0.15) is 22.8 Å². The van der Waals surface area contributed by atoms with Gasteiger partial charge in [0.15, 0.2) is 5.78 Å². The van der Waals surface area contributed by atoms with Gasteiger partial charge in [-0.3, -0.25) is 4.79 Å². The van der Waals surface area contributed by atoms with Gasteiger partial charge in [0.2, 0.25) is 0 Å². The molecule has 114 valence electrons. The fourth-order valence-corrected chi connectivity index (χ4v) is 2.22. The van der Waals surface area contributed by atoms with E-state index in [0.717, 1.165) is 11.1 Å². The first-order valence-electron chi connectivity index (χ1n) is 6.80. The van der Waals surface area contributed by atoms with E-state index in [-0.39, 0.29) is 17.1 Å². The Hall–Kier alpha value is -2.75. The molecular weight excluding hydrogens is 280 g/mol. The van der Waals surface area contributed by atoms with Gasteiger partial charge in [-0.15, -0.1) is 0 Å². The summed E-state index contributed by atoms with van der Waals surface area (Å²) in [5, 5.41) is 9.89. The molecule has 0 unspecified atom stereocenters. The molecule has 0 bridgehead atoms. The van der Waals surface area contributed by atoms with Crippen molar-refractivity contribution in [3.05, 3.63) is 59.2 Å². The van der Waals surface area contributed by atoms with Crippen molar-refractivity contribution in [1.82, 2.24) is 0 Å². The number of hydrogen-bond donors (Lipinski definition) is 1. The van der Waals surface area contributed by atoms with E-state index in [0.29, 0.717) is 11.5 Å². The van der Waals surface area contributed by atoms with Gasteiger partial charge in [-0.2, -0.15) is 0 Å². The third-order valence-electron chi connectivity index (χ3n) is 3.38. The molecular formula is C18H18O4. The molecule has 0 radical (unpaired) electrons. The van der Waals surface area contributed by atoms with Crippen LogP contribution in [0, 0.1) is 6.92 Å². The molecule has 2 aromatic carbocycles. The zero-order valence-electron chi connectivity index (χ0n) is 12.8. The SMILES string of the molecule is COc1cccc(C)c1/C=C/C(=O)c1c(O)cccc1OC. The average molecular weight is 298 g/mol. The van der Waals surface area contributed by atoms with E-state index in [9.17, 15) is 9.90 Å². The number of methoxy groups -OCH3 is 2. The van der Waals surface area contributed by atoms with Crippen LogP contribution in [0.15, 0.2) is 42.5 Å². The number of benzene rings is 2. The minimum absolute atomic E-state index is 0.106. The van der Waals surface area contributed by atoms with Gasteiger partial charge in [0.25, 0.3) is 0 Å². The predicted octanol–water partition coefficient (Wildman–Crippen LogP) is 3.61. The van der Waals surface area contributed by atoms with Crippen molar-refractivity contribution in [2.75, 3.05) is 14.2 Å². The maximum Gasteiger partial charge on any atom is 0.193 e. The standard InChI is InChI=1S/C18H18O4/c1-12-6-4-8-16(21-2)13(12)10-11-15(20)18-14(19)7-5-9-17(18)22-3/h4-11,19H,1-3H3/b11-10+. The van der Waals surface area contributed by atoms with Crippen molar-refractivity contribution in [2.24, 2.45) is 0 Å². The Morgan fingerprint density at radius 2 is 1.68 bits per heavy atom. The van der Waals surface area contributed by atoms with Crippen LogP contribution in [-0.2, 0) is 0 Å². The van der Waals surface area contributed by atoms with Gasteiger partial charge in [-0.25, -0.2) is 0 Å². The van der Waals surface area contributed by atoms with Gasteiger partial charge in [-0.05, 0) is 42.8 Å². The molecule has 4 nitrogen and oxygen atoms in total. The number of aromatic hydroxyl groups is 1. The summed E-state index contributed by atoms with van der Waals surface area (Å²) in [5.41, 5.74) is 1.97. The molecule has 0 fully saturated rings. The molecule has 0 aliphatic carbocycles. The lowest BCUT2D eigenvalue weighted by molar-refractivity contribution is 0.104. The third-order valence-corrected chi connectivity index (χ3v) is 3.38. The van der Waals surface area contributed by atoms with Crippen LogP contribution in [0.4, 0.5) is 0 Å². The number of phenolic OH excluding ortho intramolecular Hbond substituents is 1. The number of ether oxygens (including phenoxy) is 2. The first kappa shape index (κ1) is 15.6. The van der Waals surface area contributed by atoms with Gasteiger partial charge >= 0.3 is 0 Å². The van der Waals surface area contributed by atoms with E-state index < -0.39 is 0 Å². The predicted molar refractivity (Wildman–Crippen MR) is 85.8 cm³/mol. The molecule has 0 spiro atoms. The van der Waals surface area contributed by atoms with E-state index in [4.69, 9.17) is 9.47 Å². The Morgan fingerprint density at radius 3 is 2.36 bits per heavy atom. The number of rotatable bonds is 5. The number of hydrogen-bond acceptors (Lipinski definition) is 4. The number of aryl methyl sites for hydroxylation is 1. The highest BCUT2D eigenvalue weighted by atomic mass is 16.5. The lowest BCUT2D eigenvalue weighted by Crippen LogP contribution is -1.99. The van der Waals surface area contributed by atoms with Crippen molar-refractivity contribution in [3.8, 4) is 17.2 Å². The molecule has 0 atom stereocenters. The summed E-state index contributed by atoms with van der Waals surface area (Å²) in [6.45, 7) is 1.94. The van der Waals surface area contributed by atoms with E-state index in [1.54, 1.807) is 25.3 Å². The molecule has 4 heteroatoms. The quantitative estimate of drug-likeness (QED) is 0.676. The summed E-state index contributed by atoms with van der Waals surface area (Å²) < 4.78 is 10.4. The van der Waals surface area contributed by atoms with Gasteiger partial charge in [0, 0.05) is 5.56 Å². The van der Waals surface area contributed by atoms with Gasteiger partial charge < -0.3 is 14.6 Å². The lowest BCUT2D eigenvalue weighted by Gasteiger charge is -2.09.